The summed E-state index contributed by atoms with van der Waals surface area (Å²) in [7, 11) is 1.83. The molecule has 0 aromatic rings. The predicted octanol–water partition coefficient (Wildman–Crippen LogP) is 2.27. The minimum atomic E-state index is -0.742. The van der Waals surface area contributed by atoms with Crippen LogP contribution in [0.25, 0.3) is 0 Å². The van der Waals surface area contributed by atoms with Gasteiger partial charge in [-0.1, -0.05) is 13.8 Å². The Morgan fingerprint density at radius 1 is 1.26 bits per heavy atom. The molecule has 1 fully saturated rings. The molecule has 1 aliphatic heterocycles. The van der Waals surface area contributed by atoms with E-state index in [0.29, 0.717) is 31.8 Å². The number of nitrogens with zero attached hydrogens (tertiary/aromatic N) is 2. The van der Waals surface area contributed by atoms with E-state index in [1.165, 1.54) is 0 Å². The summed E-state index contributed by atoms with van der Waals surface area (Å²) in [5.41, 5.74) is 0. The molecule has 0 aliphatic carbocycles. The molecule has 5 heteroatoms. The van der Waals surface area contributed by atoms with E-state index in [4.69, 9.17) is 5.11 Å². The zero-order valence-electron chi connectivity index (χ0n) is 12.4. The van der Waals surface area contributed by atoms with Gasteiger partial charge in [-0.2, -0.15) is 0 Å². The molecular weight excluding hydrogens is 244 g/mol. The van der Waals surface area contributed by atoms with Crippen LogP contribution in [0.4, 0.5) is 4.79 Å². The van der Waals surface area contributed by atoms with Crippen molar-refractivity contribution < 1.29 is 14.7 Å². The van der Waals surface area contributed by atoms with Crippen LogP contribution >= 0.6 is 0 Å². The second-order valence-electron chi connectivity index (χ2n) is 5.97. The van der Waals surface area contributed by atoms with Gasteiger partial charge in [0.1, 0.15) is 0 Å². The first-order valence-corrected chi connectivity index (χ1v) is 7.07. The average Bonchev–Trinajstić information content (AvgIpc) is 2.36. The number of rotatable bonds is 4. The van der Waals surface area contributed by atoms with Crippen LogP contribution in [0.5, 0.6) is 0 Å². The molecule has 0 bridgehead atoms. The van der Waals surface area contributed by atoms with Gasteiger partial charge in [-0.05, 0) is 32.1 Å². The molecule has 1 rings (SSSR count). The number of likely N-dealkylation sites (tertiary alicyclic amines) is 1. The highest BCUT2D eigenvalue weighted by Gasteiger charge is 2.29. The first-order chi connectivity index (χ1) is 8.82. The van der Waals surface area contributed by atoms with Crippen molar-refractivity contribution in [3.8, 4) is 0 Å². The van der Waals surface area contributed by atoms with E-state index < -0.39 is 5.97 Å². The third-order valence-electron chi connectivity index (χ3n) is 3.89. The molecule has 1 unspecified atom stereocenters. The standard InChI is InChI=1S/C14H26N2O3/c1-10(2)9-11(3)15(4)14(19)16-7-5-12(6-8-16)13(17)18/h10-12H,5-9H2,1-4H3,(H,17,18). The Balaban J connectivity index is 2.48. The molecule has 1 saturated heterocycles. The van der Waals surface area contributed by atoms with Crippen molar-refractivity contribution in [2.24, 2.45) is 11.8 Å². The van der Waals surface area contributed by atoms with Crippen molar-refractivity contribution in [1.82, 2.24) is 9.80 Å². The fraction of sp³-hybridized carbons (Fsp3) is 0.857. The minimum Gasteiger partial charge on any atom is -0.481 e. The summed E-state index contributed by atoms with van der Waals surface area (Å²) in [6, 6.07) is 0.238. The lowest BCUT2D eigenvalue weighted by Crippen LogP contribution is -2.48. The van der Waals surface area contributed by atoms with Gasteiger partial charge in [0.25, 0.3) is 0 Å². The van der Waals surface area contributed by atoms with E-state index >= 15 is 0 Å². The van der Waals surface area contributed by atoms with E-state index in [0.717, 1.165) is 6.42 Å². The van der Waals surface area contributed by atoms with Gasteiger partial charge in [-0.3, -0.25) is 4.79 Å². The number of aliphatic carboxylic acids is 1. The third-order valence-corrected chi connectivity index (χ3v) is 3.89. The van der Waals surface area contributed by atoms with Crippen molar-refractivity contribution >= 4 is 12.0 Å². The summed E-state index contributed by atoms with van der Waals surface area (Å²) >= 11 is 0. The highest BCUT2D eigenvalue weighted by atomic mass is 16.4. The number of carbonyl (C=O) groups excluding carboxylic acids is 1. The van der Waals surface area contributed by atoms with Crippen LogP contribution in [0.2, 0.25) is 0 Å². The molecular formula is C14H26N2O3. The minimum absolute atomic E-state index is 0.0250. The highest BCUT2D eigenvalue weighted by Crippen LogP contribution is 2.19. The Morgan fingerprint density at radius 2 is 1.79 bits per heavy atom. The Labute approximate surface area is 115 Å². The molecule has 0 aromatic heterocycles. The van der Waals surface area contributed by atoms with Crippen molar-refractivity contribution in [3.63, 3.8) is 0 Å². The topological polar surface area (TPSA) is 60.9 Å². The number of piperidine rings is 1. The van der Waals surface area contributed by atoms with E-state index in [-0.39, 0.29) is 18.0 Å². The van der Waals surface area contributed by atoms with Gasteiger partial charge in [-0.25, -0.2) is 4.79 Å². The largest absolute Gasteiger partial charge is 0.481 e. The molecule has 0 spiro atoms. The number of carbonyl (C=O) groups is 2. The second kappa shape index (κ2) is 6.78. The van der Waals surface area contributed by atoms with E-state index in [2.05, 4.69) is 20.8 Å². The summed E-state index contributed by atoms with van der Waals surface area (Å²) in [5.74, 6) is -0.473. The number of hydrogen-bond acceptors (Lipinski definition) is 2. The average molecular weight is 270 g/mol. The van der Waals surface area contributed by atoms with Crippen LogP contribution < -0.4 is 0 Å². The molecule has 1 aliphatic rings. The number of hydrogen-bond donors (Lipinski definition) is 1. The predicted molar refractivity (Wildman–Crippen MR) is 74.0 cm³/mol. The molecule has 2 amide bonds. The van der Waals surface area contributed by atoms with Crippen LogP contribution in [0.1, 0.15) is 40.0 Å². The van der Waals surface area contributed by atoms with Crippen LogP contribution in [-0.4, -0.2) is 53.1 Å². The van der Waals surface area contributed by atoms with Crippen molar-refractivity contribution in [3.05, 3.63) is 0 Å². The third kappa shape index (κ3) is 4.40. The summed E-state index contributed by atoms with van der Waals surface area (Å²) in [4.78, 5) is 26.7. The Hall–Kier alpha value is -1.26. The fourth-order valence-electron chi connectivity index (χ4n) is 2.57. The van der Waals surface area contributed by atoms with Crippen molar-refractivity contribution in [1.29, 1.82) is 0 Å². The van der Waals surface area contributed by atoms with Gasteiger partial charge in [-0.15, -0.1) is 0 Å². The summed E-state index contributed by atoms with van der Waals surface area (Å²) in [5, 5.41) is 8.95. The smallest absolute Gasteiger partial charge is 0.319 e. The molecule has 110 valence electrons. The molecule has 19 heavy (non-hydrogen) atoms. The monoisotopic (exact) mass is 270 g/mol. The van der Waals surface area contributed by atoms with Gasteiger partial charge in [0.2, 0.25) is 0 Å². The zero-order chi connectivity index (χ0) is 14.6. The first-order valence-electron chi connectivity index (χ1n) is 7.07. The number of carboxylic acids is 1. The van der Waals surface area contributed by atoms with Crippen molar-refractivity contribution in [2.75, 3.05) is 20.1 Å². The Kier molecular flexibility index (Phi) is 5.63. The molecule has 0 aromatic carbocycles. The maximum atomic E-state index is 12.3. The summed E-state index contributed by atoms with van der Waals surface area (Å²) in [6.07, 6.45) is 2.11. The molecule has 0 saturated carbocycles. The number of amides is 2. The Bertz CT molecular complexity index is 323. The molecule has 1 N–H and O–H groups in total. The summed E-state index contributed by atoms with van der Waals surface area (Å²) in [6.45, 7) is 7.45. The lowest BCUT2D eigenvalue weighted by Gasteiger charge is -2.36. The normalized spacial score (nSPS) is 18.5. The van der Waals surface area contributed by atoms with E-state index in [1.54, 1.807) is 9.80 Å². The molecule has 0 radical (unpaired) electrons. The van der Waals surface area contributed by atoms with Gasteiger partial charge >= 0.3 is 12.0 Å². The maximum absolute atomic E-state index is 12.3. The zero-order valence-corrected chi connectivity index (χ0v) is 12.4. The van der Waals surface area contributed by atoms with Gasteiger partial charge in [0, 0.05) is 26.2 Å². The maximum Gasteiger partial charge on any atom is 0.319 e. The van der Waals surface area contributed by atoms with Crippen LogP contribution in [-0.2, 0) is 4.79 Å². The van der Waals surface area contributed by atoms with Gasteiger partial charge < -0.3 is 14.9 Å². The second-order valence-corrected chi connectivity index (χ2v) is 5.97. The van der Waals surface area contributed by atoms with Crippen molar-refractivity contribution in [2.45, 2.75) is 46.1 Å². The number of urea groups is 1. The molecule has 1 atom stereocenters. The first kappa shape index (κ1) is 15.8. The van der Waals surface area contributed by atoms with Crippen LogP contribution in [0.15, 0.2) is 0 Å². The van der Waals surface area contributed by atoms with E-state index in [9.17, 15) is 9.59 Å². The van der Waals surface area contributed by atoms with Gasteiger partial charge in [0.15, 0.2) is 0 Å². The molecule has 5 nitrogen and oxygen atoms in total. The fourth-order valence-corrected chi connectivity index (χ4v) is 2.57. The summed E-state index contributed by atoms with van der Waals surface area (Å²) < 4.78 is 0. The quantitative estimate of drug-likeness (QED) is 0.852. The van der Waals surface area contributed by atoms with Crippen LogP contribution in [0, 0.1) is 11.8 Å². The van der Waals surface area contributed by atoms with Crippen LogP contribution in [0.3, 0.4) is 0 Å². The molecule has 1 heterocycles. The Morgan fingerprint density at radius 3 is 2.21 bits per heavy atom. The number of carboxylic acid groups (broad SMARTS) is 1. The highest BCUT2D eigenvalue weighted by molar-refractivity contribution is 5.75. The van der Waals surface area contributed by atoms with E-state index in [1.807, 2.05) is 7.05 Å². The SMILES string of the molecule is CC(C)CC(C)N(C)C(=O)N1CCC(C(=O)O)CC1. The van der Waals surface area contributed by atoms with Gasteiger partial charge in [0.05, 0.1) is 5.92 Å². The lowest BCUT2D eigenvalue weighted by atomic mass is 9.97. The lowest BCUT2D eigenvalue weighted by molar-refractivity contribution is -0.143.